The monoisotopic (exact) mass is 577 g/mol. The zero-order valence-electron chi connectivity index (χ0n) is 23.2. The molecule has 2 amide bonds. The molecule has 0 bridgehead atoms. The molecule has 1 saturated heterocycles. The number of carbonyl (C=O) groups is 2. The second-order valence-electron chi connectivity index (χ2n) is 10.3. The Bertz CT molecular complexity index is 1620. The molecular formula is C31H30F3N5O3. The van der Waals surface area contributed by atoms with Crippen molar-refractivity contribution in [2.75, 3.05) is 43.9 Å². The largest absolute Gasteiger partial charge is 0.457 e. The average Bonchev–Trinajstić information content (AvgIpc) is 2.94. The van der Waals surface area contributed by atoms with Crippen LogP contribution in [0.4, 0.5) is 24.7 Å². The lowest BCUT2D eigenvalue weighted by molar-refractivity contribution is -0.138. The quantitative estimate of drug-likeness (QED) is 0.280. The van der Waals surface area contributed by atoms with Crippen LogP contribution >= 0.6 is 0 Å². The molecule has 1 aromatic heterocycles. The molecule has 0 atom stereocenters. The van der Waals surface area contributed by atoms with E-state index >= 15 is 0 Å². The summed E-state index contributed by atoms with van der Waals surface area (Å²) in [5.41, 5.74) is -0.192. The molecular weight excluding hydrogens is 547 g/mol. The fourth-order valence-electron chi connectivity index (χ4n) is 4.88. The summed E-state index contributed by atoms with van der Waals surface area (Å²) >= 11 is 0. The van der Waals surface area contributed by atoms with Crippen LogP contribution in [0.3, 0.4) is 0 Å². The third-order valence-electron chi connectivity index (χ3n) is 7.03. The van der Waals surface area contributed by atoms with E-state index in [1.54, 1.807) is 42.5 Å². The summed E-state index contributed by atoms with van der Waals surface area (Å²) in [6, 6.07) is 17.5. The molecule has 2 heterocycles. The van der Waals surface area contributed by atoms with Crippen LogP contribution in [-0.2, 0) is 17.5 Å². The van der Waals surface area contributed by atoms with Gasteiger partial charge in [-0.25, -0.2) is 4.98 Å². The molecule has 4 aromatic rings. The van der Waals surface area contributed by atoms with E-state index in [2.05, 4.69) is 20.5 Å². The molecule has 218 valence electrons. The summed E-state index contributed by atoms with van der Waals surface area (Å²) in [5, 5.41) is 6.55. The number of likely N-dealkylation sites (N-methyl/N-ethyl adjacent to an activating group) is 1. The number of carbonyl (C=O) groups excluding carboxylic acids is 2. The predicted molar refractivity (Wildman–Crippen MR) is 155 cm³/mol. The minimum atomic E-state index is -4.56. The molecule has 42 heavy (non-hydrogen) atoms. The van der Waals surface area contributed by atoms with Gasteiger partial charge in [-0.05, 0) is 65.8 Å². The average molecular weight is 578 g/mol. The van der Waals surface area contributed by atoms with Gasteiger partial charge in [-0.1, -0.05) is 18.2 Å². The van der Waals surface area contributed by atoms with Gasteiger partial charge < -0.3 is 20.3 Å². The topological polar surface area (TPSA) is 86.8 Å². The predicted octanol–water partition coefficient (Wildman–Crippen LogP) is 6.00. The molecule has 0 unspecified atom stereocenters. The van der Waals surface area contributed by atoms with E-state index in [1.807, 2.05) is 18.0 Å². The van der Waals surface area contributed by atoms with E-state index in [0.29, 0.717) is 46.7 Å². The molecule has 2 N–H and O–H groups in total. The van der Waals surface area contributed by atoms with Gasteiger partial charge in [0.15, 0.2) is 0 Å². The Morgan fingerprint density at radius 3 is 2.43 bits per heavy atom. The number of amides is 2. The van der Waals surface area contributed by atoms with E-state index in [0.717, 1.165) is 19.2 Å². The second-order valence-corrected chi connectivity index (χ2v) is 10.3. The summed E-state index contributed by atoms with van der Waals surface area (Å²) < 4.78 is 48.0. The summed E-state index contributed by atoms with van der Waals surface area (Å²) in [4.78, 5) is 32.8. The van der Waals surface area contributed by atoms with Gasteiger partial charge in [0.1, 0.15) is 17.3 Å². The normalized spacial score (nSPS) is 14.5. The zero-order chi connectivity index (χ0) is 29.9. The van der Waals surface area contributed by atoms with Crippen LogP contribution in [0.15, 0.2) is 72.9 Å². The fourth-order valence-corrected chi connectivity index (χ4v) is 4.88. The van der Waals surface area contributed by atoms with Gasteiger partial charge in [-0.2, -0.15) is 13.2 Å². The molecule has 5 rings (SSSR count). The number of ether oxygens (including phenoxy) is 1. The maximum atomic E-state index is 14.0. The van der Waals surface area contributed by atoms with E-state index in [1.165, 1.54) is 25.3 Å². The second kappa shape index (κ2) is 12.2. The highest BCUT2D eigenvalue weighted by Crippen LogP contribution is 2.35. The molecule has 1 aliphatic heterocycles. The van der Waals surface area contributed by atoms with Crippen LogP contribution in [-0.4, -0.2) is 59.8 Å². The maximum Gasteiger partial charge on any atom is 0.416 e. The van der Waals surface area contributed by atoms with Crippen molar-refractivity contribution < 1.29 is 27.5 Å². The van der Waals surface area contributed by atoms with Crippen LogP contribution < -0.4 is 15.4 Å². The maximum absolute atomic E-state index is 14.0. The molecule has 11 heteroatoms. The molecule has 1 aliphatic rings. The number of nitrogens with one attached hydrogen (secondary N) is 2. The first-order valence-corrected chi connectivity index (χ1v) is 13.4. The van der Waals surface area contributed by atoms with Crippen molar-refractivity contribution >= 4 is 34.1 Å². The number of halogens is 3. The third-order valence-corrected chi connectivity index (χ3v) is 7.03. The van der Waals surface area contributed by atoms with Gasteiger partial charge in [0.25, 0.3) is 5.91 Å². The van der Waals surface area contributed by atoms with Gasteiger partial charge in [0.2, 0.25) is 5.91 Å². The van der Waals surface area contributed by atoms with Gasteiger partial charge in [-0.15, -0.1) is 0 Å². The van der Waals surface area contributed by atoms with Gasteiger partial charge in [0, 0.05) is 63.2 Å². The number of hydrogen-bond donors (Lipinski definition) is 2. The number of nitrogens with zero attached hydrogens (tertiary/aromatic N) is 3. The summed E-state index contributed by atoms with van der Waals surface area (Å²) in [7, 11) is 1.99. The molecule has 0 aliphatic carbocycles. The highest BCUT2D eigenvalue weighted by Gasteiger charge is 2.34. The first-order chi connectivity index (χ1) is 20.0. The van der Waals surface area contributed by atoms with Crippen LogP contribution in [0.5, 0.6) is 11.5 Å². The summed E-state index contributed by atoms with van der Waals surface area (Å²) in [6.45, 7) is 4.57. The van der Waals surface area contributed by atoms with Gasteiger partial charge in [0.05, 0.1) is 5.56 Å². The molecule has 0 saturated carbocycles. The number of pyridine rings is 1. The van der Waals surface area contributed by atoms with Crippen molar-refractivity contribution in [3.63, 3.8) is 0 Å². The number of aromatic nitrogens is 1. The minimum absolute atomic E-state index is 0.0686. The molecule has 8 nitrogen and oxygen atoms in total. The Balaban J connectivity index is 1.34. The van der Waals surface area contributed by atoms with Crippen molar-refractivity contribution in [2.45, 2.75) is 19.6 Å². The lowest BCUT2D eigenvalue weighted by Crippen LogP contribution is -2.44. The number of rotatable bonds is 7. The Kier molecular flexibility index (Phi) is 8.41. The van der Waals surface area contributed by atoms with Crippen molar-refractivity contribution in [1.29, 1.82) is 0 Å². The van der Waals surface area contributed by atoms with E-state index in [4.69, 9.17) is 4.74 Å². The van der Waals surface area contributed by atoms with E-state index < -0.39 is 17.6 Å². The summed E-state index contributed by atoms with van der Waals surface area (Å²) in [5.74, 6) is 0.515. The first-order valence-electron chi connectivity index (χ1n) is 13.4. The highest BCUT2D eigenvalue weighted by molar-refractivity contribution is 6.13. The number of fused-ring (bicyclic) bond motifs is 1. The van der Waals surface area contributed by atoms with E-state index in [-0.39, 0.29) is 23.7 Å². The van der Waals surface area contributed by atoms with Crippen LogP contribution in [0.1, 0.15) is 28.4 Å². The van der Waals surface area contributed by atoms with Crippen LogP contribution in [0.2, 0.25) is 0 Å². The standard InChI is InChI=1S/C31H30F3N5O3/c1-20(40)36-29-18-25(10-11-35-29)42-24-8-9-26-21(16-24)4-3-5-27(26)30(41)37-23-7-6-22(28(17-23)31(32,33)34)19-39-14-12-38(2)13-15-39/h3-11,16-18H,12-15,19H2,1-2H3,(H,37,41)(H,35,36,40). The first kappa shape index (κ1) is 29.0. The van der Waals surface area contributed by atoms with Crippen molar-refractivity contribution in [3.8, 4) is 11.5 Å². The summed E-state index contributed by atoms with van der Waals surface area (Å²) in [6.07, 6.45) is -3.05. The Hall–Kier alpha value is -4.48. The smallest absolute Gasteiger partial charge is 0.416 e. The third kappa shape index (κ3) is 7.04. The number of hydrogen-bond acceptors (Lipinski definition) is 6. The molecule has 1 fully saturated rings. The van der Waals surface area contributed by atoms with E-state index in [9.17, 15) is 22.8 Å². The minimum Gasteiger partial charge on any atom is -0.457 e. The van der Waals surface area contributed by atoms with Crippen molar-refractivity contribution in [3.05, 3.63) is 89.6 Å². The lowest BCUT2D eigenvalue weighted by atomic mass is 10.0. The van der Waals surface area contributed by atoms with Crippen LogP contribution in [0, 0.1) is 0 Å². The number of benzene rings is 3. The van der Waals surface area contributed by atoms with Crippen molar-refractivity contribution in [1.82, 2.24) is 14.8 Å². The Morgan fingerprint density at radius 2 is 1.69 bits per heavy atom. The Morgan fingerprint density at radius 1 is 0.929 bits per heavy atom. The number of anilines is 2. The fraction of sp³-hybridized carbons (Fsp3) is 0.258. The van der Waals surface area contributed by atoms with Crippen molar-refractivity contribution in [2.24, 2.45) is 0 Å². The van der Waals surface area contributed by atoms with Crippen LogP contribution in [0.25, 0.3) is 10.8 Å². The lowest BCUT2D eigenvalue weighted by Gasteiger charge is -2.33. The highest BCUT2D eigenvalue weighted by atomic mass is 19.4. The number of piperazine rings is 1. The molecule has 0 spiro atoms. The zero-order valence-corrected chi connectivity index (χ0v) is 23.2. The van der Waals surface area contributed by atoms with Gasteiger partial charge >= 0.3 is 6.18 Å². The molecule has 3 aromatic carbocycles. The molecule has 0 radical (unpaired) electrons. The Labute approximate surface area is 241 Å². The van der Waals surface area contributed by atoms with Gasteiger partial charge in [-0.3, -0.25) is 14.5 Å². The number of alkyl halides is 3. The SMILES string of the molecule is CC(=O)Nc1cc(Oc2ccc3c(C(=O)Nc4ccc(CN5CCN(C)CC5)c(C(F)(F)F)c4)cccc3c2)ccn1.